The zero-order valence-corrected chi connectivity index (χ0v) is 9.16. The molecule has 1 N–H and O–H groups in total. The van der Waals surface area contributed by atoms with Gasteiger partial charge in [-0.15, -0.1) is 0 Å². The maximum Gasteiger partial charge on any atom is 0.125 e. The highest BCUT2D eigenvalue weighted by Gasteiger charge is 2.47. The summed E-state index contributed by atoms with van der Waals surface area (Å²) >= 11 is 2.06. The van der Waals surface area contributed by atoms with Gasteiger partial charge in [0.15, 0.2) is 0 Å². The molecule has 6 heteroatoms. The summed E-state index contributed by atoms with van der Waals surface area (Å²) in [6.07, 6.45) is -0.780. The second-order valence-corrected chi connectivity index (χ2v) is 4.26. The molecule has 2 fully saturated rings. The third kappa shape index (κ3) is 1.60. The number of ether oxygens (including phenoxy) is 2. The average molecular weight is 304 g/mol. The van der Waals surface area contributed by atoms with E-state index in [1.807, 2.05) is 0 Å². The lowest BCUT2D eigenvalue weighted by atomic mass is 10.1. The van der Waals surface area contributed by atoms with Gasteiger partial charge in [0.05, 0.1) is 22.4 Å². The Morgan fingerprint density at radius 1 is 1.33 bits per heavy atom. The fourth-order valence-corrected chi connectivity index (χ4v) is 2.63. The summed E-state index contributed by atoms with van der Waals surface area (Å²) in [7, 11) is 1.28. The first-order chi connectivity index (χ1) is 5.83. The number of rotatable bonds is 2. The summed E-state index contributed by atoms with van der Waals surface area (Å²) in [5.41, 5.74) is 0. The van der Waals surface area contributed by atoms with Gasteiger partial charge in [-0.1, -0.05) is 0 Å². The maximum atomic E-state index is 9.37. The molecule has 1 unspecified atom stereocenters. The van der Waals surface area contributed by atoms with Crippen molar-refractivity contribution in [3.05, 3.63) is 0 Å². The predicted octanol–water partition coefficient (Wildman–Crippen LogP) is 0.528. The Kier molecular flexibility index (Phi) is 3.13. The van der Waals surface area contributed by atoms with E-state index in [-0.39, 0.29) is 18.3 Å². The second kappa shape index (κ2) is 3.97. The topological polar surface area (TPSA) is 47.9 Å². The van der Waals surface area contributed by atoms with Gasteiger partial charge in [-0.2, -0.15) is 0 Å². The molecule has 12 heavy (non-hydrogen) atoms. The van der Waals surface area contributed by atoms with Crippen molar-refractivity contribution in [1.82, 2.24) is 0 Å². The highest BCUT2D eigenvalue weighted by molar-refractivity contribution is 14.2. The summed E-state index contributed by atoms with van der Waals surface area (Å²) < 4.78 is 16.0. The Balaban J connectivity index is 1.96. The van der Waals surface area contributed by atoms with E-state index in [0.717, 1.165) is 0 Å². The molecule has 0 spiro atoms. The smallest absolute Gasteiger partial charge is 0.125 e. The van der Waals surface area contributed by atoms with E-state index in [9.17, 15) is 5.11 Å². The fraction of sp³-hybridized carbons (Fsp3) is 1.00. The lowest BCUT2D eigenvalue weighted by Gasteiger charge is -2.13. The molecular weight excluding hydrogens is 295 g/mol. The molecule has 70 valence electrons. The van der Waals surface area contributed by atoms with Crippen LogP contribution in [0.4, 0.5) is 0 Å². The molecule has 2 aliphatic rings. The Bertz CT molecular complexity index is 170. The monoisotopic (exact) mass is 304 g/mol. The molecule has 4 nitrogen and oxygen atoms in total. The summed E-state index contributed by atoms with van der Waals surface area (Å²) in [5.74, 6) is 0. The largest absolute Gasteiger partial charge is 0.388 e. The van der Waals surface area contributed by atoms with Crippen LogP contribution in [0.25, 0.3) is 0 Å². The zero-order valence-electron chi connectivity index (χ0n) is 6.18. The molecule has 2 saturated heterocycles. The lowest BCUT2D eigenvalue weighted by molar-refractivity contribution is 0.0120. The normalized spacial score (nSPS) is 46.5. The lowest BCUT2D eigenvalue weighted by Crippen LogP contribution is -2.31. The first-order valence-electron chi connectivity index (χ1n) is 3.68. The van der Waals surface area contributed by atoms with Gasteiger partial charge in [0.1, 0.15) is 24.4 Å². The molecule has 0 bridgehead atoms. The molecule has 0 aromatic heterocycles. The second-order valence-electron chi connectivity index (χ2n) is 2.86. The van der Waals surface area contributed by atoms with Crippen molar-refractivity contribution in [1.29, 1.82) is 0 Å². The Morgan fingerprint density at radius 2 is 2.08 bits per heavy atom. The molecule has 0 aromatic carbocycles. The van der Waals surface area contributed by atoms with Gasteiger partial charge in [-0.3, -0.25) is 4.18 Å². The minimum absolute atomic E-state index is 0.0333. The van der Waals surface area contributed by atoms with Crippen molar-refractivity contribution in [3.63, 3.8) is 0 Å². The van der Waals surface area contributed by atoms with Gasteiger partial charge in [0.2, 0.25) is 0 Å². The van der Waals surface area contributed by atoms with Crippen LogP contribution >= 0.6 is 30.4 Å². The van der Waals surface area contributed by atoms with Crippen LogP contribution in [-0.2, 0) is 13.7 Å². The van der Waals surface area contributed by atoms with Crippen molar-refractivity contribution in [2.75, 3.05) is 13.2 Å². The SMILES string of the molecule is OC1CO[C@@H]2[C@@H](OSI)CO[C@H]12. The van der Waals surface area contributed by atoms with Gasteiger partial charge >= 0.3 is 0 Å². The van der Waals surface area contributed by atoms with E-state index in [0.29, 0.717) is 13.2 Å². The Labute approximate surface area is 86.7 Å². The minimum Gasteiger partial charge on any atom is -0.388 e. The zero-order chi connectivity index (χ0) is 8.55. The van der Waals surface area contributed by atoms with Crippen molar-refractivity contribution >= 4 is 30.4 Å². The van der Waals surface area contributed by atoms with Crippen LogP contribution in [0.15, 0.2) is 0 Å². The van der Waals surface area contributed by atoms with Crippen molar-refractivity contribution in [2.45, 2.75) is 24.4 Å². The standard InChI is InChI=1S/C6H9IO4S/c7-12-11-4-2-10-5-3(8)1-9-6(4)5/h3-6,8H,1-2H2/t3?,4-,5+,6+/m0/s1. The highest BCUT2D eigenvalue weighted by Crippen LogP contribution is 2.31. The molecule has 2 heterocycles. The predicted molar refractivity (Wildman–Crippen MR) is 52.0 cm³/mol. The molecule has 0 radical (unpaired) electrons. The van der Waals surface area contributed by atoms with Crippen molar-refractivity contribution in [2.24, 2.45) is 0 Å². The van der Waals surface area contributed by atoms with Crippen LogP contribution in [0.5, 0.6) is 0 Å². The van der Waals surface area contributed by atoms with E-state index < -0.39 is 6.10 Å². The summed E-state index contributed by atoms with van der Waals surface area (Å²) in [5, 5.41) is 9.37. The van der Waals surface area contributed by atoms with Gasteiger partial charge in [-0.25, -0.2) is 0 Å². The molecule has 4 atom stereocenters. The first kappa shape index (κ1) is 9.47. The van der Waals surface area contributed by atoms with E-state index in [2.05, 4.69) is 21.2 Å². The van der Waals surface area contributed by atoms with Crippen LogP contribution in [-0.4, -0.2) is 42.7 Å². The van der Waals surface area contributed by atoms with Gasteiger partial charge in [0.25, 0.3) is 0 Å². The minimum atomic E-state index is -0.484. The highest BCUT2D eigenvalue weighted by atomic mass is 127. The number of hydrogen-bond acceptors (Lipinski definition) is 5. The van der Waals surface area contributed by atoms with Crippen LogP contribution in [0.2, 0.25) is 0 Å². The molecule has 2 rings (SSSR count). The third-order valence-electron chi connectivity index (χ3n) is 2.14. The fourth-order valence-electron chi connectivity index (χ4n) is 1.57. The van der Waals surface area contributed by atoms with E-state index in [4.69, 9.17) is 13.7 Å². The molecular formula is C6H9IO4S. The van der Waals surface area contributed by atoms with E-state index >= 15 is 0 Å². The maximum absolute atomic E-state index is 9.37. The van der Waals surface area contributed by atoms with Gasteiger partial charge in [0, 0.05) is 21.2 Å². The summed E-state index contributed by atoms with van der Waals surface area (Å²) in [6.45, 7) is 0.878. The molecule has 0 aromatic rings. The van der Waals surface area contributed by atoms with Crippen LogP contribution in [0.1, 0.15) is 0 Å². The number of fused-ring (bicyclic) bond motifs is 1. The Hall–Kier alpha value is 0.920. The summed E-state index contributed by atoms with van der Waals surface area (Å²) in [6, 6.07) is 0. The third-order valence-corrected chi connectivity index (χ3v) is 3.08. The van der Waals surface area contributed by atoms with E-state index in [1.165, 1.54) is 9.21 Å². The molecule has 0 amide bonds. The molecule has 0 aliphatic carbocycles. The van der Waals surface area contributed by atoms with Crippen molar-refractivity contribution in [3.8, 4) is 0 Å². The van der Waals surface area contributed by atoms with Crippen LogP contribution < -0.4 is 0 Å². The Morgan fingerprint density at radius 3 is 2.83 bits per heavy atom. The average Bonchev–Trinajstić information content (AvgIpc) is 2.58. The number of hydrogen-bond donors (Lipinski definition) is 1. The van der Waals surface area contributed by atoms with Crippen LogP contribution in [0, 0.1) is 0 Å². The molecule has 2 aliphatic heterocycles. The number of aliphatic hydroxyl groups is 1. The summed E-state index contributed by atoms with van der Waals surface area (Å²) in [4.78, 5) is 0. The van der Waals surface area contributed by atoms with Crippen LogP contribution in [0.3, 0.4) is 0 Å². The number of halogens is 1. The van der Waals surface area contributed by atoms with Gasteiger partial charge < -0.3 is 14.6 Å². The molecule has 0 saturated carbocycles. The first-order valence-corrected chi connectivity index (χ1v) is 6.96. The number of aliphatic hydroxyl groups excluding tert-OH is 1. The van der Waals surface area contributed by atoms with Crippen molar-refractivity contribution < 1.29 is 18.8 Å². The van der Waals surface area contributed by atoms with Gasteiger partial charge in [-0.05, 0) is 0 Å². The quantitative estimate of drug-likeness (QED) is 0.596. The van der Waals surface area contributed by atoms with E-state index in [1.54, 1.807) is 0 Å².